The predicted molar refractivity (Wildman–Crippen MR) is 209 cm³/mol. The second kappa shape index (κ2) is 9.34. The van der Waals surface area contributed by atoms with Gasteiger partial charge < -0.3 is 14.1 Å². The van der Waals surface area contributed by atoms with Crippen molar-refractivity contribution in [3.8, 4) is 22.6 Å². The van der Waals surface area contributed by atoms with Gasteiger partial charge in [0.15, 0.2) is 11.5 Å². The highest BCUT2D eigenvalue weighted by molar-refractivity contribution is 7.00. The van der Waals surface area contributed by atoms with E-state index in [1.54, 1.807) is 0 Å². The fourth-order valence-electron chi connectivity index (χ4n) is 10.4. The summed E-state index contributed by atoms with van der Waals surface area (Å²) in [5, 5.41) is 1.22. The van der Waals surface area contributed by atoms with Crippen LogP contribution in [-0.4, -0.2) is 6.71 Å². The number of hydrogen-bond acceptors (Lipinski definition) is 3. The summed E-state index contributed by atoms with van der Waals surface area (Å²) < 4.78 is 14.3. The quantitative estimate of drug-likeness (QED) is 0.165. The molecule has 0 fully saturated rings. The second-order valence-corrected chi connectivity index (χ2v) is 18.1. The van der Waals surface area contributed by atoms with Gasteiger partial charge in [0.25, 0.3) is 6.71 Å². The van der Waals surface area contributed by atoms with E-state index >= 15 is 0 Å². The number of fused-ring (bicyclic) bond motifs is 10. The summed E-state index contributed by atoms with van der Waals surface area (Å²) in [7, 11) is 0. The van der Waals surface area contributed by atoms with Crippen LogP contribution >= 0.6 is 0 Å². The fourth-order valence-corrected chi connectivity index (χ4v) is 10.4. The number of benzene rings is 5. The van der Waals surface area contributed by atoms with Crippen LogP contribution in [0.15, 0.2) is 95.4 Å². The average molecular weight is 654 g/mol. The smallest absolute Gasteiger partial charge is 0.252 e. The van der Waals surface area contributed by atoms with Crippen LogP contribution in [0.4, 0.5) is 17.1 Å². The standard InChI is InChI=1S/C46H44BNO2/c1-43(2,3)30-18-13-17-28-37-42(50-40(28)30)46(8,9)31-23-27(26-15-11-10-12-16-26)24-34-38(31)47(37)32-19-14-20-35-39(32)48(34)33-22-21-29-36(41(33)49-35)45(6,7)25-44(29,4)5/h10-24H,25H2,1-9H3. The Kier molecular flexibility index (Phi) is 5.63. The molecule has 0 radical (unpaired) electrons. The zero-order chi connectivity index (χ0) is 34.7. The Hall–Kier alpha value is -4.70. The number of nitrogens with zero attached hydrogens (tertiary/aromatic N) is 1. The highest BCUT2D eigenvalue weighted by atomic mass is 16.5. The molecule has 50 heavy (non-hydrogen) atoms. The maximum absolute atomic E-state index is 7.18. The third kappa shape index (κ3) is 3.72. The van der Waals surface area contributed by atoms with Crippen LogP contribution in [0.3, 0.4) is 0 Å². The monoisotopic (exact) mass is 653 g/mol. The van der Waals surface area contributed by atoms with Crippen molar-refractivity contribution in [1.82, 2.24) is 0 Å². The van der Waals surface area contributed by atoms with Crippen molar-refractivity contribution in [2.24, 2.45) is 0 Å². The van der Waals surface area contributed by atoms with Gasteiger partial charge in [-0.2, -0.15) is 0 Å². The summed E-state index contributed by atoms with van der Waals surface area (Å²) in [6, 6.07) is 33.9. The van der Waals surface area contributed by atoms with Crippen LogP contribution in [0.1, 0.15) is 96.7 Å². The molecular weight excluding hydrogens is 609 g/mol. The van der Waals surface area contributed by atoms with Crippen molar-refractivity contribution >= 4 is 51.1 Å². The molecule has 0 bridgehead atoms. The lowest BCUT2D eigenvalue weighted by atomic mass is 9.30. The van der Waals surface area contributed by atoms with Crippen molar-refractivity contribution < 1.29 is 9.15 Å². The molecule has 4 heterocycles. The third-order valence-corrected chi connectivity index (χ3v) is 12.3. The van der Waals surface area contributed by atoms with Gasteiger partial charge in [0.1, 0.15) is 11.3 Å². The van der Waals surface area contributed by atoms with E-state index in [-0.39, 0.29) is 28.4 Å². The molecule has 248 valence electrons. The Morgan fingerprint density at radius 1 is 0.700 bits per heavy atom. The third-order valence-electron chi connectivity index (χ3n) is 12.3. The molecule has 5 aromatic carbocycles. The number of para-hydroxylation sites is 2. The average Bonchev–Trinajstić information content (AvgIpc) is 3.55. The SMILES string of the molecule is CC(C)(C)c1cccc2c3c(oc12)C(C)(C)c1cc(-c2ccccc2)cc2c1B3c1cccc3c1N2c1ccc2c(c1O3)C(C)(C)CC2(C)C. The molecule has 3 aliphatic heterocycles. The molecule has 0 unspecified atom stereocenters. The Bertz CT molecular complexity index is 2460. The minimum Gasteiger partial charge on any atom is -0.460 e. The van der Waals surface area contributed by atoms with Gasteiger partial charge >= 0.3 is 0 Å². The minimum atomic E-state index is -0.372. The zero-order valence-electron chi connectivity index (χ0n) is 30.7. The maximum Gasteiger partial charge on any atom is 0.252 e. The maximum atomic E-state index is 7.18. The number of ether oxygens (including phenoxy) is 1. The van der Waals surface area contributed by atoms with Gasteiger partial charge in [-0.25, -0.2) is 0 Å². The van der Waals surface area contributed by atoms with Gasteiger partial charge in [0, 0.05) is 27.6 Å². The summed E-state index contributed by atoms with van der Waals surface area (Å²) in [6.45, 7) is 21.1. The van der Waals surface area contributed by atoms with Crippen LogP contribution in [0.2, 0.25) is 0 Å². The summed E-state index contributed by atoms with van der Waals surface area (Å²) >= 11 is 0. The lowest BCUT2D eigenvalue weighted by Crippen LogP contribution is -2.64. The van der Waals surface area contributed by atoms with Crippen molar-refractivity contribution in [2.75, 3.05) is 4.90 Å². The molecule has 0 saturated heterocycles. The molecule has 0 atom stereocenters. The Balaban J connectivity index is 1.34. The lowest BCUT2D eigenvalue weighted by Gasteiger charge is -2.46. The summed E-state index contributed by atoms with van der Waals surface area (Å²) in [4.78, 5) is 2.55. The molecule has 1 aliphatic carbocycles. The Morgan fingerprint density at radius 2 is 1.46 bits per heavy atom. The summed E-state index contributed by atoms with van der Waals surface area (Å²) in [5.74, 6) is 3.01. The van der Waals surface area contributed by atoms with E-state index in [1.807, 2.05) is 0 Å². The fraction of sp³-hybridized carbons (Fsp3) is 0.304. The molecular formula is C46H44BNO2. The number of hydrogen-bond donors (Lipinski definition) is 0. The van der Waals surface area contributed by atoms with E-state index in [4.69, 9.17) is 9.15 Å². The van der Waals surface area contributed by atoms with E-state index in [9.17, 15) is 0 Å². The minimum absolute atomic E-state index is 0.00506. The molecule has 3 nitrogen and oxygen atoms in total. The lowest BCUT2D eigenvalue weighted by molar-refractivity contribution is 0.393. The molecule has 0 spiro atoms. The van der Waals surface area contributed by atoms with Gasteiger partial charge in [0.05, 0.1) is 11.4 Å². The second-order valence-electron chi connectivity index (χ2n) is 18.1. The van der Waals surface area contributed by atoms with Crippen molar-refractivity contribution in [2.45, 2.75) is 90.4 Å². The van der Waals surface area contributed by atoms with Crippen molar-refractivity contribution in [3.05, 3.63) is 119 Å². The molecule has 0 amide bonds. The number of rotatable bonds is 1. The van der Waals surface area contributed by atoms with Crippen LogP contribution < -0.4 is 26.0 Å². The zero-order valence-corrected chi connectivity index (χ0v) is 30.7. The van der Waals surface area contributed by atoms with E-state index in [0.29, 0.717) is 0 Å². The van der Waals surface area contributed by atoms with E-state index < -0.39 is 0 Å². The number of anilines is 3. The molecule has 1 aromatic heterocycles. The first kappa shape index (κ1) is 30.2. The van der Waals surface area contributed by atoms with E-state index in [0.717, 1.165) is 40.6 Å². The normalized spacial score (nSPS) is 18.2. The first-order valence-electron chi connectivity index (χ1n) is 18.3. The molecule has 4 aliphatic rings. The predicted octanol–water partition coefficient (Wildman–Crippen LogP) is 10.4. The molecule has 0 saturated carbocycles. The largest absolute Gasteiger partial charge is 0.460 e. The first-order chi connectivity index (χ1) is 23.7. The Labute approximate surface area is 296 Å². The van der Waals surface area contributed by atoms with Crippen LogP contribution in [0.5, 0.6) is 11.5 Å². The highest BCUT2D eigenvalue weighted by Gasteiger charge is 2.52. The van der Waals surface area contributed by atoms with Crippen LogP contribution in [0.25, 0.3) is 22.1 Å². The summed E-state index contributed by atoms with van der Waals surface area (Å²) in [5.41, 5.74) is 15.9. The molecule has 10 rings (SSSR count). The molecule has 0 N–H and O–H groups in total. The van der Waals surface area contributed by atoms with E-state index in [2.05, 4.69) is 158 Å². The molecule has 6 aromatic rings. The summed E-state index contributed by atoms with van der Waals surface area (Å²) in [6.07, 6.45) is 1.09. The van der Waals surface area contributed by atoms with Gasteiger partial charge in [-0.3, -0.25) is 0 Å². The topological polar surface area (TPSA) is 25.6 Å². The van der Waals surface area contributed by atoms with Crippen molar-refractivity contribution in [1.29, 1.82) is 0 Å². The van der Waals surface area contributed by atoms with Crippen LogP contribution in [-0.2, 0) is 21.7 Å². The number of furan rings is 1. The van der Waals surface area contributed by atoms with Crippen LogP contribution in [0, 0.1) is 0 Å². The highest BCUT2D eigenvalue weighted by Crippen LogP contribution is 2.61. The molecule has 4 heteroatoms. The van der Waals surface area contributed by atoms with Gasteiger partial charge in [-0.15, -0.1) is 0 Å². The van der Waals surface area contributed by atoms with Gasteiger partial charge in [-0.1, -0.05) is 121 Å². The van der Waals surface area contributed by atoms with Crippen molar-refractivity contribution in [3.63, 3.8) is 0 Å². The Morgan fingerprint density at radius 3 is 2.22 bits per heavy atom. The van der Waals surface area contributed by atoms with Gasteiger partial charge in [0.2, 0.25) is 0 Å². The van der Waals surface area contributed by atoms with E-state index in [1.165, 1.54) is 60.8 Å². The van der Waals surface area contributed by atoms with Gasteiger partial charge in [-0.05, 0) is 93.4 Å². The first-order valence-corrected chi connectivity index (χ1v) is 18.3.